The summed E-state index contributed by atoms with van der Waals surface area (Å²) >= 11 is 0. The summed E-state index contributed by atoms with van der Waals surface area (Å²) in [5.41, 5.74) is 8.18. The van der Waals surface area contributed by atoms with Gasteiger partial charge in [-0.2, -0.15) is 0 Å². The minimum atomic E-state index is 0.184. The smallest absolute Gasteiger partial charge is 0.0515 e. The lowest BCUT2D eigenvalue weighted by Crippen LogP contribution is -2.40. The SMILES string of the molecule is CC(C)(C)NCC1CNNC1c1ccccc1. The van der Waals surface area contributed by atoms with E-state index in [0.29, 0.717) is 12.0 Å². The van der Waals surface area contributed by atoms with Crippen LogP contribution in [0.1, 0.15) is 32.4 Å². The number of benzene rings is 1. The van der Waals surface area contributed by atoms with E-state index in [2.05, 4.69) is 67.3 Å². The fraction of sp³-hybridized carbons (Fsp3) is 0.571. The van der Waals surface area contributed by atoms with Crippen molar-refractivity contribution < 1.29 is 0 Å². The largest absolute Gasteiger partial charge is 0.312 e. The molecule has 0 aliphatic carbocycles. The van der Waals surface area contributed by atoms with Crippen molar-refractivity contribution in [3.05, 3.63) is 35.9 Å². The molecule has 0 saturated carbocycles. The van der Waals surface area contributed by atoms with Gasteiger partial charge in [-0.15, -0.1) is 0 Å². The summed E-state index contributed by atoms with van der Waals surface area (Å²) < 4.78 is 0. The van der Waals surface area contributed by atoms with E-state index in [-0.39, 0.29) is 5.54 Å². The first-order valence-electron chi connectivity index (χ1n) is 6.34. The van der Waals surface area contributed by atoms with Crippen molar-refractivity contribution in [2.24, 2.45) is 5.92 Å². The maximum atomic E-state index is 3.58. The molecule has 94 valence electrons. The van der Waals surface area contributed by atoms with Gasteiger partial charge in [0.1, 0.15) is 0 Å². The van der Waals surface area contributed by atoms with E-state index >= 15 is 0 Å². The van der Waals surface area contributed by atoms with Gasteiger partial charge >= 0.3 is 0 Å². The minimum Gasteiger partial charge on any atom is -0.312 e. The monoisotopic (exact) mass is 233 g/mol. The lowest BCUT2D eigenvalue weighted by Gasteiger charge is -2.25. The van der Waals surface area contributed by atoms with Crippen LogP contribution in [0, 0.1) is 5.92 Å². The lowest BCUT2D eigenvalue weighted by molar-refractivity contribution is 0.359. The molecule has 0 aromatic heterocycles. The second kappa shape index (κ2) is 5.17. The van der Waals surface area contributed by atoms with Gasteiger partial charge in [-0.1, -0.05) is 30.3 Å². The molecule has 3 nitrogen and oxygen atoms in total. The van der Waals surface area contributed by atoms with Gasteiger partial charge in [0.15, 0.2) is 0 Å². The van der Waals surface area contributed by atoms with E-state index < -0.39 is 0 Å². The van der Waals surface area contributed by atoms with E-state index in [1.54, 1.807) is 0 Å². The summed E-state index contributed by atoms with van der Waals surface area (Å²) in [5.74, 6) is 0.594. The van der Waals surface area contributed by atoms with Crippen LogP contribution in [-0.4, -0.2) is 18.6 Å². The first kappa shape index (κ1) is 12.6. The summed E-state index contributed by atoms with van der Waals surface area (Å²) in [6.45, 7) is 8.67. The molecule has 2 rings (SSSR count). The maximum Gasteiger partial charge on any atom is 0.0515 e. The van der Waals surface area contributed by atoms with Crippen molar-refractivity contribution >= 4 is 0 Å². The molecule has 1 aliphatic heterocycles. The van der Waals surface area contributed by atoms with Crippen LogP contribution in [0.3, 0.4) is 0 Å². The van der Waals surface area contributed by atoms with E-state index in [1.807, 2.05) is 0 Å². The van der Waals surface area contributed by atoms with Crippen LogP contribution in [0.5, 0.6) is 0 Å². The molecule has 1 heterocycles. The molecule has 1 aromatic carbocycles. The fourth-order valence-electron chi connectivity index (χ4n) is 2.18. The molecule has 3 heteroatoms. The maximum absolute atomic E-state index is 3.58. The highest BCUT2D eigenvalue weighted by Crippen LogP contribution is 2.24. The molecule has 0 spiro atoms. The van der Waals surface area contributed by atoms with E-state index in [0.717, 1.165) is 13.1 Å². The highest BCUT2D eigenvalue weighted by molar-refractivity contribution is 5.20. The predicted octanol–water partition coefficient (Wildman–Crippen LogP) is 1.84. The topological polar surface area (TPSA) is 36.1 Å². The van der Waals surface area contributed by atoms with Gasteiger partial charge in [0.25, 0.3) is 0 Å². The van der Waals surface area contributed by atoms with Gasteiger partial charge < -0.3 is 5.32 Å². The van der Waals surface area contributed by atoms with Crippen molar-refractivity contribution in [1.82, 2.24) is 16.2 Å². The average Bonchev–Trinajstić information content (AvgIpc) is 2.75. The average molecular weight is 233 g/mol. The summed E-state index contributed by atoms with van der Waals surface area (Å²) in [4.78, 5) is 0. The third kappa shape index (κ3) is 3.53. The molecular weight excluding hydrogens is 210 g/mol. The summed E-state index contributed by atoms with van der Waals surface area (Å²) in [7, 11) is 0. The molecule has 1 fully saturated rings. The molecule has 1 saturated heterocycles. The number of rotatable bonds is 3. The van der Waals surface area contributed by atoms with Crippen LogP contribution < -0.4 is 16.2 Å². The van der Waals surface area contributed by atoms with Crippen molar-refractivity contribution in [3.8, 4) is 0 Å². The first-order valence-corrected chi connectivity index (χ1v) is 6.34. The molecule has 0 amide bonds. The van der Waals surface area contributed by atoms with Crippen LogP contribution in [0.25, 0.3) is 0 Å². The number of hydrogen-bond donors (Lipinski definition) is 3. The number of hydrogen-bond acceptors (Lipinski definition) is 3. The Morgan fingerprint density at radius 3 is 2.59 bits per heavy atom. The van der Waals surface area contributed by atoms with E-state index in [1.165, 1.54) is 5.56 Å². The second-order valence-electron chi connectivity index (χ2n) is 5.80. The molecule has 1 aliphatic rings. The van der Waals surface area contributed by atoms with Crippen molar-refractivity contribution in [2.45, 2.75) is 32.4 Å². The van der Waals surface area contributed by atoms with Crippen molar-refractivity contribution in [3.63, 3.8) is 0 Å². The zero-order chi connectivity index (χ0) is 12.3. The van der Waals surface area contributed by atoms with E-state index in [9.17, 15) is 0 Å². The molecule has 0 bridgehead atoms. The highest BCUT2D eigenvalue weighted by Gasteiger charge is 2.28. The van der Waals surface area contributed by atoms with Gasteiger partial charge in [0, 0.05) is 24.5 Å². The highest BCUT2D eigenvalue weighted by atomic mass is 15.4. The summed E-state index contributed by atoms with van der Waals surface area (Å²) in [6.07, 6.45) is 0. The van der Waals surface area contributed by atoms with Gasteiger partial charge in [-0.25, -0.2) is 5.43 Å². The third-order valence-corrected chi connectivity index (χ3v) is 3.15. The molecule has 2 atom stereocenters. The standard InChI is InChI=1S/C14H23N3/c1-14(2,3)15-9-12-10-16-17-13(12)11-7-5-4-6-8-11/h4-8,12-13,15-17H,9-10H2,1-3H3. The van der Waals surface area contributed by atoms with Crippen LogP contribution in [-0.2, 0) is 0 Å². The van der Waals surface area contributed by atoms with Gasteiger partial charge in [-0.3, -0.25) is 5.43 Å². The molecule has 2 unspecified atom stereocenters. The number of hydrazine groups is 1. The minimum absolute atomic E-state index is 0.184. The summed E-state index contributed by atoms with van der Waals surface area (Å²) in [5, 5.41) is 3.58. The van der Waals surface area contributed by atoms with Gasteiger partial charge in [0.2, 0.25) is 0 Å². The lowest BCUT2D eigenvalue weighted by atomic mass is 9.94. The Labute approximate surface area is 104 Å². The van der Waals surface area contributed by atoms with Crippen LogP contribution >= 0.6 is 0 Å². The first-order chi connectivity index (χ1) is 8.06. The fourth-order valence-corrected chi connectivity index (χ4v) is 2.18. The molecule has 3 N–H and O–H groups in total. The molecule has 1 aromatic rings. The van der Waals surface area contributed by atoms with Crippen molar-refractivity contribution in [1.29, 1.82) is 0 Å². The Morgan fingerprint density at radius 2 is 1.94 bits per heavy atom. The van der Waals surface area contributed by atoms with Crippen molar-refractivity contribution in [2.75, 3.05) is 13.1 Å². The Balaban J connectivity index is 1.98. The summed E-state index contributed by atoms with van der Waals surface area (Å²) in [6, 6.07) is 11.1. The zero-order valence-corrected chi connectivity index (χ0v) is 11.0. The van der Waals surface area contributed by atoms with Crippen LogP contribution in [0.4, 0.5) is 0 Å². The van der Waals surface area contributed by atoms with E-state index in [4.69, 9.17) is 0 Å². The Morgan fingerprint density at radius 1 is 1.24 bits per heavy atom. The second-order valence-corrected chi connectivity index (χ2v) is 5.80. The van der Waals surface area contributed by atoms with Crippen LogP contribution in [0.2, 0.25) is 0 Å². The Kier molecular flexibility index (Phi) is 3.82. The Hall–Kier alpha value is -0.900. The third-order valence-electron chi connectivity index (χ3n) is 3.15. The quantitative estimate of drug-likeness (QED) is 0.745. The zero-order valence-electron chi connectivity index (χ0n) is 11.0. The normalized spacial score (nSPS) is 25.1. The molecule has 0 radical (unpaired) electrons. The molecule has 17 heavy (non-hydrogen) atoms. The molecular formula is C14H23N3. The van der Waals surface area contributed by atoms with Gasteiger partial charge in [0.05, 0.1) is 6.04 Å². The Bertz CT molecular complexity index is 342. The van der Waals surface area contributed by atoms with Gasteiger partial charge in [-0.05, 0) is 26.3 Å². The van der Waals surface area contributed by atoms with Crippen LogP contribution in [0.15, 0.2) is 30.3 Å². The number of nitrogens with one attached hydrogen (secondary N) is 3. The predicted molar refractivity (Wildman–Crippen MR) is 71.6 cm³/mol.